The number of hydrogen-bond donors (Lipinski definition) is 0. The summed E-state index contributed by atoms with van der Waals surface area (Å²) in [6, 6.07) is 7.13. The summed E-state index contributed by atoms with van der Waals surface area (Å²) in [6.07, 6.45) is 20.8. The van der Waals surface area contributed by atoms with Crippen LogP contribution < -0.4 is 0 Å². The average molecular weight is 553 g/mol. The lowest BCUT2D eigenvalue weighted by Gasteiger charge is -2.18. The Bertz CT molecular complexity index is 739. The van der Waals surface area contributed by atoms with Crippen molar-refractivity contribution < 1.29 is 23.1 Å². The molecule has 1 aromatic carbocycles. The van der Waals surface area contributed by atoms with Gasteiger partial charge in [-0.25, -0.2) is 4.79 Å². The van der Waals surface area contributed by atoms with E-state index in [1.807, 2.05) is 12.1 Å². The van der Waals surface area contributed by atoms with E-state index < -0.39 is 7.60 Å². The maximum Gasteiger partial charge on any atom is 0.338 e. The van der Waals surface area contributed by atoms with Gasteiger partial charge in [-0.05, 0) is 50.3 Å². The number of hydrogen-bond acceptors (Lipinski definition) is 5. The number of benzene rings is 1. The molecular weight excluding hydrogens is 495 g/mol. The third-order valence-corrected chi connectivity index (χ3v) is 9.16. The highest BCUT2D eigenvalue weighted by Crippen LogP contribution is 2.51. The van der Waals surface area contributed by atoms with Crippen molar-refractivity contribution in [3.63, 3.8) is 0 Å². The molecular formula is C32H57O5P. The number of ether oxygens (including phenoxy) is 1. The topological polar surface area (TPSA) is 61.8 Å². The summed E-state index contributed by atoms with van der Waals surface area (Å²) in [6.45, 7) is 9.29. The molecule has 1 unspecified atom stereocenters. The summed E-state index contributed by atoms with van der Waals surface area (Å²) in [5, 5.41) is 0. The number of rotatable bonds is 25. The fraction of sp³-hybridized carbons (Fsp3) is 0.781. The Hall–Kier alpha value is -1.16. The van der Waals surface area contributed by atoms with Gasteiger partial charge in [0.15, 0.2) is 0 Å². The minimum absolute atomic E-state index is 0.197. The van der Waals surface area contributed by atoms with Gasteiger partial charge in [0.2, 0.25) is 0 Å². The largest absolute Gasteiger partial charge is 0.462 e. The van der Waals surface area contributed by atoms with Crippen molar-refractivity contribution in [2.45, 2.75) is 137 Å². The van der Waals surface area contributed by atoms with Crippen molar-refractivity contribution in [2.24, 2.45) is 5.92 Å². The van der Waals surface area contributed by atoms with Crippen LogP contribution in [0.25, 0.3) is 0 Å². The Morgan fingerprint density at radius 2 is 1.13 bits per heavy atom. The first-order valence-corrected chi connectivity index (χ1v) is 17.3. The van der Waals surface area contributed by atoms with E-state index in [1.54, 1.807) is 26.0 Å². The lowest BCUT2D eigenvalue weighted by Crippen LogP contribution is -2.15. The van der Waals surface area contributed by atoms with Crippen LogP contribution in [0.15, 0.2) is 24.3 Å². The van der Waals surface area contributed by atoms with Crippen LogP contribution in [0.1, 0.15) is 146 Å². The van der Waals surface area contributed by atoms with E-state index in [4.69, 9.17) is 13.8 Å². The molecule has 0 aliphatic carbocycles. The van der Waals surface area contributed by atoms with E-state index in [0.29, 0.717) is 31.3 Å². The van der Waals surface area contributed by atoms with Gasteiger partial charge in [-0.2, -0.15) is 0 Å². The maximum atomic E-state index is 12.8. The normalized spacial score (nSPS) is 12.5. The van der Waals surface area contributed by atoms with Crippen LogP contribution in [-0.4, -0.2) is 25.8 Å². The van der Waals surface area contributed by atoms with Gasteiger partial charge >= 0.3 is 13.6 Å². The fourth-order valence-corrected chi connectivity index (χ4v) is 6.56. The smallest absolute Gasteiger partial charge is 0.338 e. The van der Waals surface area contributed by atoms with Crippen LogP contribution in [0.5, 0.6) is 0 Å². The minimum Gasteiger partial charge on any atom is -0.462 e. The van der Waals surface area contributed by atoms with Gasteiger partial charge in [0.25, 0.3) is 0 Å². The van der Waals surface area contributed by atoms with E-state index in [-0.39, 0.29) is 12.1 Å². The number of carbonyl (C=O) groups excluding carboxylic acids is 1. The van der Waals surface area contributed by atoms with Crippen LogP contribution in [0.2, 0.25) is 0 Å². The summed E-state index contributed by atoms with van der Waals surface area (Å²) < 4.78 is 29.3. The van der Waals surface area contributed by atoms with Gasteiger partial charge in [0.05, 0.1) is 31.5 Å². The molecule has 0 aliphatic rings. The van der Waals surface area contributed by atoms with Crippen LogP contribution >= 0.6 is 7.60 Å². The van der Waals surface area contributed by atoms with E-state index in [2.05, 4.69) is 13.8 Å². The van der Waals surface area contributed by atoms with Crippen LogP contribution in [-0.2, 0) is 24.5 Å². The molecule has 38 heavy (non-hydrogen) atoms. The van der Waals surface area contributed by atoms with Crippen molar-refractivity contribution in [1.29, 1.82) is 0 Å². The van der Waals surface area contributed by atoms with Crippen LogP contribution in [0.3, 0.4) is 0 Å². The molecule has 220 valence electrons. The minimum atomic E-state index is -3.17. The SMILES string of the molecule is CCCCCCCCCCC(CCCCCCCC)COC(=O)c1ccc(CP(=O)(OCC)OCC)cc1. The number of carbonyl (C=O) groups is 1. The molecule has 0 radical (unpaired) electrons. The van der Waals surface area contributed by atoms with Gasteiger partial charge in [0.1, 0.15) is 0 Å². The van der Waals surface area contributed by atoms with Crippen LogP contribution in [0.4, 0.5) is 0 Å². The Kier molecular flexibility index (Phi) is 20.8. The molecule has 0 fully saturated rings. The molecule has 0 heterocycles. The Morgan fingerprint density at radius 3 is 1.58 bits per heavy atom. The highest BCUT2D eigenvalue weighted by molar-refractivity contribution is 7.53. The van der Waals surface area contributed by atoms with Crippen molar-refractivity contribution in [3.8, 4) is 0 Å². The zero-order valence-corrected chi connectivity index (χ0v) is 25.9. The summed E-state index contributed by atoms with van der Waals surface area (Å²) in [5.74, 6) is 0.158. The zero-order chi connectivity index (χ0) is 27.9. The molecule has 0 N–H and O–H groups in total. The molecule has 0 aliphatic heterocycles. The molecule has 5 nitrogen and oxygen atoms in total. The molecule has 0 bridgehead atoms. The Balaban J connectivity index is 2.54. The molecule has 1 aromatic rings. The molecule has 0 aromatic heterocycles. The zero-order valence-electron chi connectivity index (χ0n) is 25.0. The van der Waals surface area contributed by atoms with E-state index >= 15 is 0 Å². The maximum absolute atomic E-state index is 12.8. The molecule has 0 saturated heterocycles. The predicted octanol–water partition coefficient (Wildman–Crippen LogP) is 10.5. The first-order chi connectivity index (χ1) is 18.5. The first-order valence-electron chi connectivity index (χ1n) is 15.6. The third-order valence-electron chi connectivity index (χ3n) is 7.10. The standard InChI is InChI=1S/C32H57O5P/c1-5-9-11-13-15-16-18-20-22-29(21-19-17-14-12-10-6-2)27-35-32(33)31-25-23-30(24-26-31)28-38(34,36-7-3)37-8-4/h23-26,29H,5-22,27-28H2,1-4H3. The van der Waals surface area contributed by atoms with Crippen LogP contribution in [0, 0.1) is 5.92 Å². The van der Waals surface area contributed by atoms with Gasteiger partial charge in [-0.15, -0.1) is 0 Å². The summed E-state index contributed by atoms with van der Waals surface area (Å²) in [4.78, 5) is 12.8. The lowest BCUT2D eigenvalue weighted by atomic mass is 9.94. The second kappa shape index (κ2) is 22.6. The number of esters is 1. The monoisotopic (exact) mass is 552 g/mol. The molecule has 1 rings (SSSR count). The fourth-order valence-electron chi connectivity index (χ4n) is 4.86. The van der Waals surface area contributed by atoms with E-state index in [9.17, 15) is 9.36 Å². The third kappa shape index (κ3) is 16.7. The molecule has 6 heteroatoms. The van der Waals surface area contributed by atoms with Crippen molar-refractivity contribution >= 4 is 13.6 Å². The average Bonchev–Trinajstić information content (AvgIpc) is 2.90. The van der Waals surface area contributed by atoms with Crippen molar-refractivity contribution in [3.05, 3.63) is 35.4 Å². The first kappa shape index (κ1) is 34.9. The van der Waals surface area contributed by atoms with Gasteiger partial charge < -0.3 is 13.8 Å². The van der Waals surface area contributed by atoms with E-state index in [1.165, 1.54) is 89.9 Å². The predicted molar refractivity (Wildman–Crippen MR) is 160 cm³/mol. The molecule has 0 saturated carbocycles. The second-order valence-electron chi connectivity index (χ2n) is 10.6. The quantitative estimate of drug-likeness (QED) is 0.0686. The highest BCUT2D eigenvalue weighted by Gasteiger charge is 2.24. The van der Waals surface area contributed by atoms with Gasteiger partial charge in [-0.3, -0.25) is 4.57 Å². The van der Waals surface area contributed by atoms with Gasteiger partial charge in [-0.1, -0.05) is 116 Å². The highest BCUT2D eigenvalue weighted by atomic mass is 31.2. The van der Waals surface area contributed by atoms with Crippen molar-refractivity contribution in [2.75, 3.05) is 19.8 Å². The molecule has 1 atom stereocenters. The molecule has 0 amide bonds. The summed E-state index contributed by atoms with van der Waals surface area (Å²) >= 11 is 0. The van der Waals surface area contributed by atoms with Crippen molar-refractivity contribution in [1.82, 2.24) is 0 Å². The number of unbranched alkanes of at least 4 members (excludes halogenated alkanes) is 12. The summed E-state index contributed by atoms with van der Waals surface area (Å²) in [5.41, 5.74) is 1.35. The summed E-state index contributed by atoms with van der Waals surface area (Å²) in [7, 11) is -3.17. The van der Waals surface area contributed by atoms with Gasteiger partial charge in [0, 0.05) is 0 Å². The Labute approximate surface area is 234 Å². The van der Waals surface area contributed by atoms with E-state index in [0.717, 1.165) is 18.4 Å². The second-order valence-corrected chi connectivity index (χ2v) is 12.6. The Morgan fingerprint density at radius 1 is 0.684 bits per heavy atom. The molecule has 0 spiro atoms. The lowest BCUT2D eigenvalue weighted by molar-refractivity contribution is 0.0422.